The van der Waals surface area contributed by atoms with Gasteiger partial charge < -0.3 is 9.32 Å². The van der Waals surface area contributed by atoms with E-state index >= 15 is 0 Å². The van der Waals surface area contributed by atoms with E-state index in [1.54, 1.807) is 0 Å². The molecule has 0 saturated heterocycles. The van der Waals surface area contributed by atoms with Gasteiger partial charge in [-0.3, -0.25) is 0 Å². The minimum atomic E-state index is -1.90. The van der Waals surface area contributed by atoms with Crippen molar-refractivity contribution in [2.24, 2.45) is 0 Å². The second kappa shape index (κ2) is 14.9. The van der Waals surface area contributed by atoms with Crippen molar-refractivity contribution in [3.63, 3.8) is 0 Å². The molecule has 1 heterocycles. The van der Waals surface area contributed by atoms with Gasteiger partial charge in [-0.05, 0) is 113 Å². The van der Waals surface area contributed by atoms with Crippen molar-refractivity contribution in [1.29, 1.82) is 0 Å². The fourth-order valence-corrected chi connectivity index (χ4v) is 12.0. The number of anilines is 3. The van der Waals surface area contributed by atoms with Gasteiger partial charge in [-0.2, -0.15) is 0 Å². The summed E-state index contributed by atoms with van der Waals surface area (Å²) in [5.41, 5.74) is 9.57. The van der Waals surface area contributed by atoms with Crippen LogP contribution in [0.15, 0.2) is 261 Å². The highest BCUT2D eigenvalue weighted by Gasteiger charge is 2.33. The van der Waals surface area contributed by atoms with E-state index in [-0.39, 0.29) is 0 Å². The zero-order chi connectivity index (χ0) is 38.0. The van der Waals surface area contributed by atoms with E-state index in [2.05, 4.69) is 235 Å². The maximum absolute atomic E-state index is 6.68. The van der Waals surface area contributed by atoms with Gasteiger partial charge >= 0.3 is 0 Å². The van der Waals surface area contributed by atoms with Gasteiger partial charge in [-0.1, -0.05) is 140 Å². The predicted octanol–water partition coefficient (Wildman–Crippen LogP) is 15.7. The van der Waals surface area contributed by atoms with Gasteiger partial charge in [0.2, 0.25) is 0 Å². The Hall–Kier alpha value is -7.07. The summed E-state index contributed by atoms with van der Waals surface area (Å²) in [4.78, 5) is 7.49. The third-order valence-corrected chi connectivity index (χ3v) is 14.7. The third-order valence-electron chi connectivity index (χ3n) is 10.8. The quantitative estimate of drug-likeness (QED) is 0.146. The Morgan fingerprint density at radius 3 is 1.25 bits per heavy atom. The molecule has 10 aromatic rings. The second-order valence-corrected chi connectivity index (χ2v) is 17.3. The highest BCUT2D eigenvalue weighted by Crippen LogP contribution is 2.73. The lowest BCUT2D eigenvalue weighted by molar-refractivity contribution is 0.669. The molecule has 0 radical (unpaired) electrons. The molecule has 1 aromatic heterocycles. The summed E-state index contributed by atoms with van der Waals surface area (Å²) >= 11 is 0. The minimum Gasteiger partial charge on any atom is -0.456 e. The summed E-state index contributed by atoms with van der Waals surface area (Å²) in [6, 6.07) is 85.4. The number of furan rings is 1. The number of fused-ring (bicyclic) bond motifs is 3. The number of nitrogens with zero attached hydrogens (tertiary/aromatic N) is 1. The Labute approximate surface area is 335 Å². The van der Waals surface area contributed by atoms with E-state index in [9.17, 15) is 0 Å². The second-order valence-electron chi connectivity index (χ2n) is 14.2. The lowest BCUT2D eigenvalue weighted by Crippen LogP contribution is -2.11. The van der Waals surface area contributed by atoms with E-state index in [1.807, 2.05) is 6.07 Å². The molecule has 9 aromatic carbocycles. The van der Waals surface area contributed by atoms with Gasteiger partial charge in [-0.15, -0.1) is 10.0 Å². The summed E-state index contributed by atoms with van der Waals surface area (Å²) in [5, 5.41) is 2.21. The maximum atomic E-state index is 6.68. The summed E-state index contributed by atoms with van der Waals surface area (Å²) in [6.07, 6.45) is 0. The van der Waals surface area contributed by atoms with E-state index in [0.29, 0.717) is 0 Å². The highest BCUT2D eigenvalue weighted by molar-refractivity contribution is 8.34. The summed E-state index contributed by atoms with van der Waals surface area (Å²) < 4.78 is 6.68. The van der Waals surface area contributed by atoms with Crippen molar-refractivity contribution in [3.05, 3.63) is 237 Å². The Bertz CT molecular complexity index is 2830. The number of benzene rings is 9. The Kier molecular flexibility index (Phi) is 8.98. The lowest BCUT2D eigenvalue weighted by Gasteiger charge is -2.42. The molecule has 0 atom stereocenters. The van der Waals surface area contributed by atoms with Crippen LogP contribution in [0.5, 0.6) is 0 Å². The standard InChI is InChI=1S/C54H39NOS/c1-6-17-40(18-7-1)42-29-32-44(33-30-42)55(46-34-36-52-51-35-31-43(41-19-8-2-9-20-41)37-53(51)56-54(52)39-46)45-21-16-28-50(38-45)57(47-22-10-3-11-23-47,48-24-12-4-13-25-48)49-26-14-5-15-27-49/h1-39H. The first-order chi connectivity index (χ1) is 28.3. The Morgan fingerprint density at radius 1 is 0.281 bits per heavy atom. The van der Waals surface area contributed by atoms with E-state index in [4.69, 9.17) is 4.42 Å². The number of hydrogen-bond acceptors (Lipinski definition) is 2. The highest BCUT2D eigenvalue weighted by atomic mass is 32.3. The molecule has 10 rings (SSSR count). The van der Waals surface area contributed by atoms with Crippen molar-refractivity contribution in [2.45, 2.75) is 19.6 Å². The van der Waals surface area contributed by atoms with Crippen molar-refractivity contribution in [1.82, 2.24) is 0 Å². The average Bonchev–Trinajstić information content (AvgIpc) is 3.66. The Morgan fingerprint density at radius 2 is 0.684 bits per heavy atom. The number of rotatable bonds is 9. The van der Waals surface area contributed by atoms with E-state index < -0.39 is 10.0 Å². The first-order valence-electron chi connectivity index (χ1n) is 19.3. The van der Waals surface area contributed by atoms with Gasteiger partial charge in [0.15, 0.2) is 0 Å². The normalized spacial score (nSPS) is 11.8. The van der Waals surface area contributed by atoms with Crippen LogP contribution < -0.4 is 4.90 Å². The molecule has 57 heavy (non-hydrogen) atoms. The first-order valence-corrected chi connectivity index (χ1v) is 21.0. The van der Waals surface area contributed by atoms with Crippen molar-refractivity contribution >= 4 is 49.0 Å². The molecule has 0 aliphatic carbocycles. The van der Waals surface area contributed by atoms with Crippen LogP contribution in [0, 0.1) is 0 Å². The first kappa shape index (κ1) is 34.4. The molecule has 3 heteroatoms. The lowest BCUT2D eigenvalue weighted by atomic mass is 10.0. The van der Waals surface area contributed by atoms with Crippen molar-refractivity contribution in [2.75, 3.05) is 4.90 Å². The van der Waals surface area contributed by atoms with Crippen LogP contribution in [0.2, 0.25) is 0 Å². The van der Waals surface area contributed by atoms with E-state index in [0.717, 1.165) is 44.6 Å². The topological polar surface area (TPSA) is 16.4 Å². The molecule has 0 fully saturated rings. The van der Waals surface area contributed by atoms with Crippen LogP contribution in [0.1, 0.15) is 0 Å². The molecule has 0 spiro atoms. The molecule has 0 amide bonds. The van der Waals surface area contributed by atoms with Crippen LogP contribution in [-0.2, 0) is 0 Å². The smallest absolute Gasteiger partial charge is 0.137 e. The van der Waals surface area contributed by atoms with Crippen LogP contribution >= 0.6 is 10.0 Å². The summed E-state index contributed by atoms with van der Waals surface area (Å²) in [6.45, 7) is 0. The van der Waals surface area contributed by atoms with Crippen LogP contribution in [0.25, 0.3) is 44.2 Å². The van der Waals surface area contributed by atoms with E-state index in [1.165, 1.54) is 36.3 Å². The molecule has 272 valence electrons. The fraction of sp³-hybridized carbons (Fsp3) is 0. The molecule has 0 aliphatic heterocycles. The monoisotopic (exact) mass is 749 g/mol. The zero-order valence-electron chi connectivity index (χ0n) is 31.3. The van der Waals surface area contributed by atoms with Crippen molar-refractivity contribution < 1.29 is 4.42 Å². The molecule has 0 bridgehead atoms. The molecule has 0 saturated carbocycles. The van der Waals surface area contributed by atoms with Gasteiger partial charge in [0.05, 0.1) is 0 Å². The van der Waals surface area contributed by atoms with Crippen LogP contribution in [0.3, 0.4) is 0 Å². The Balaban J connectivity index is 1.17. The minimum absolute atomic E-state index is 0.854. The predicted molar refractivity (Wildman–Crippen MR) is 239 cm³/mol. The molecular formula is C54H39NOS. The maximum Gasteiger partial charge on any atom is 0.137 e. The molecular weight excluding hydrogens is 711 g/mol. The average molecular weight is 750 g/mol. The largest absolute Gasteiger partial charge is 0.456 e. The molecule has 0 aliphatic rings. The number of hydrogen-bond donors (Lipinski definition) is 0. The molecule has 0 unspecified atom stereocenters. The summed E-state index contributed by atoms with van der Waals surface area (Å²) in [5.74, 6) is 0. The molecule has 2 nitrogen and oxygen atoms in total. The van der Waals surface area contributed by atoms with Gasteiger partial charge in [-0.25, -0.2) is 0 Å². The molecule has 0 N–H and O–H groups in total. The van der Waals surface area contributed by atoms with Gasteiger partial charge in [0.1, 0.15) is 11.2 Å². The van der Waals surface area contributed by atoms with Gasteiger partial charge in [0, 0.05) is 53.5 Å². The third kappa shape index (κ3) is 6.29. The van der Waals surface area contributed by atoms with Crippen LogP contribution in [0.4, 0.5) is 17.1 Å². The summed E-state index contributed by atoms with van der Waals surface area (Å²) in [7, 11) is -1.90. The van der Waals surface area contributed by atoms with Crippen molar-refractivity contribution in [3.8, 4) is 22.3 Å². The van der Waals surface area contributed by atoms with Crippen LogP contribution in [-0.4, -0.2) is 0 Å². The zero-order valence-corrected chi connectivity index (χ0v) is 32.1. The SMILES string of the molecule is c1ccc(-c2ccc(N(c3cccc(S(c4ccccc4)(c4ccccc4)c4ccccc4)c3)c3ccc4c(c3)oc3cc(-c5ccccc5)ccc34)cc2)cc1. The fourth-order valence-electron chi connectivity index (χ4n) is 8.10. The van der Waals surface area contributed by atoms with Gasteiger partial charge in [0.25, 0.3) is 0 Å².